The van der Waals surface area contributed by atoms with E-state index >= 15 is 0 Å². The summed E-state index contributed by atoms with van der Waals surface area (Å²) >= 11 is 0. The van der Waals surface area contributed by atoms with E-state index in [4.69, 9.17) is 4.74 Å². The van der Waals surface area contributed by atoms with Crippen molar-refractivity contribution in [3.05, 3.63) is 35.9 Å². The number of ketones is 1. The van der Waals surface area contributed by atoms with Gasteiger partial charge in [0.2, 0.25) is 0 Å². The molecule has 4 heteroatoms. The minimum Gasteiger partial charge on any atom is -0.367 e. The zero-order chi connectivity index (χ0) is 13.0. The lowest BCUT2D eigenvalue weighted by atomic mass is 10.1. The Labute approximate surface area is 107 Å². The maximum Gasteiger partial charge on any atom is 0.256 e. The van der Waals surface area contributed by atoms with Crippen LogP contribution in [0.2, 0.25) is 0 Å². The van der Waals surface area contributed by atoms with E-state index in [1.807, 2.05) is 30.3 Å². The average Bonchev–Trinajstić information content (AvgIpc) is 2.41. The number of amides is 1. The second kappa shape index (κ2) is 5.78. The molecule has 0 aliphatic carbocycles. The van der Waals surface area contributed by atoms with Crippen molar-refractivity contribution in [3.63, 3.8) is 0 Å². The molecule has 0 saturated carbocycles. The van der Waals surface area contributed by atoms with Gasteiger partial charge in [0, 0.05) is 20.1 Å². The smallest absolute Gasteiger partial charge is 0.256 e. The maximum atomic E-state index is 12.3. The zero-order valence-corrected chi connectivity index (χ0v) is 10.5. The van der Waals surface area contributed by atoms with Crippen molar-refractivity contribution in [2.75, 3.05) is 20.2 Å². The normalized spacial score (nSPS) is 17.6. The van der Waals surface area contributed by atoms with Crippen molar-refractivity contribution >= 4 is 11.7 Å². The van der Waals surface area contributed by atoms with E-state index in [1.54, 1.807) is 4.90 Å². The molecule has 2 rings (SSSR count). The Bertz CT molecular complexity index is 430. The molecule has 1 atom stereocenters. The summed E-state index contributed by atoms with van der Waals surface area (Å²) in [6.07, 6.45) is 0.708. The third-order valence-corrected chi connectivity index (χ3v) is 3.12. The molecule has 4 nitrogen and oxygen atoms in total. The first kappa shape index (κ1) is 12.8. The number of rotatable bonds is 3. The Hall–Kier alpha value is -1.68. The molecule has 1 aliphatic heterocycles. The van der Waals surface area contributed by atoms with E-state index in [1.165, 1.54) is 7.11 Å². The first-order chi connectivity index (χ1) is 8.72. The second-order valence-electron chi connectivity index (χ2n) is 4.43. The van der Waals surface area contributed by atoms with Crippen LogP contribution >= 0.6 is 0 Å². The zero-order valence-electron chi connectivity index (χ0n) is 10.5. The fourth-order valence-corrected chi connectivity index (χ4v) is 2.20. The maximum absolute atomic E-state index is 12.3. The summed E-state index contributed by atoms with van der Waals surface area (Å²) < 4.78 is 5.28. The van der Waals surface area contributed by atoms with Crippen molar-refractivity contribution in [3.8, 4) is 0 Å². The highest BCUT2D eigenvalue weighted by Crippen LogP contribution is 2.20. The van der Waals surface area contributed by atoms with Crippen LogP contribution in [0.1, 0.15) is 24.5 Å². The van der Waals surface area contributed by atoms with Gasteiger partial charge < -0.3 is 9.64 Å². The van der Waals surface area contributed by atoms with Gasteiger partial charge in [-0.25, -0.2) is 0 Å². The van der Waals surface area contributed by atoms with Crippen LogP contribution in [-0.4, -0.2) is 36.8 Å². The fraction of sp³-hybridized carbons (Fsp3) is 0.429. The number of piperidine rings is 1. The molecule has 1 amide bonds. The van der Waals surface area contributed by atoms with Crippen LogP contribution < -0.4 is 0 Å². The summed E-state index contributed by atoms with van der Waals surface area (Å²) in [6.45, 7) is 0.850. The molecule has 1 unspecified atom stereocenters. The van der Waals surface area contributed by atoms with Crippen molar-refractivity contribution < 1.29 is 14.3 Å². The van der Waals surface area contributed by atoms with Crippen molar-refractivity contribution in [1.82, 2.24) is 4.90 Å². The number of ether oxygens (including phenoxy) is 1. The summed E-state index contributed by atoms with van der Waals surface area (Å²) in [4.78, 5) is 25.3. The van der Waals surface area contributed by atoms with Crippen LogP contribution in [0, 0.1) is 0 Å². The van der Waals surface area contributed by atoms with Gasteiger partial charge in [-0.05, 0) is 12.0 Å². The monoisotopic (exact) mass is 247 g/mol. The van der Waals surface area contributed by atoms with E-state index in [9.17, 15) is 9.59 Å². The molecular formula is C14H17NO3. The van der Waals surface area contributed by atoms with Crippen LogP contribution in [-0.2, 0) is 14.3 Å². The Balaban J connectivity index is 2.13. The van der Waals surface area contributed by atoms with Gasteiger partial charge in [-0.1, -0.05) is 30.3 Å². The van der Waals surface area contributed by atoms with E-state index < -0.39 is 6.10 Å². The lowest BCUT2D eigenvalue weighted by molar-refractivity contribution is -0.146. The fourth-order valence-electron chi connectivity index (χ4n) is 2.20. The van der Waals surface area contributed by atoms with Crippen LogP contribution in [0.25, 0.3) is 0 Å². The molecule has 1 aromatic rings. The van der Waals surface area contributed by atoms with Gasteiger partial charge in [0.15, 0.2) is 11.9 Å². The summed E-state index contributed by atoms with van der Waals surface area (Å²) in [5.74, 6) is -0.00531. The molecule has 0 N–H and O–H groups in total. The van der Waals surface area contributed by atoms with Crippen molar-refractivity contribution in [2.45, 2.75) is 18.9 Å². The van der Waals surface area contributed by atoms with E-state index in [2.05, 4.69) is 0 Å². The van der Waals surface area contributed by atoms with Crippen molar-refractivity contribution in [1.29, 1.82) is 0 Å². The van der Waals surface area contributed by atoms with Gasteiger partial charge in [0.1, 0.15) is 0 Å². The molecule has 1 heterocycles. The Morgan fingerprint density at radius 3 is 2.67 bits per heavy atom. The average molecular weight is 247 g/mol. The molecular weight excluding hydrogens is 230 g/mol. The topological polar surface area (TPSA) is 46.6 Å². The van der Waals surface area contributed by atoms with E-state index in [0.29, 0.717) is 13.0 Å². The number of carbonyl (C=O) groups is 2. The minimum absolute atomic E-state index is 0.123. The molecule has 0 bridgehead atoms. The lowest BCUT2D eigenvalue weighted by Gasteiger charge is -2.29. The van der Waals surface area contributed by atoms with Gasteiger partial charge in [0.05, 0.1) is 6.54 Å². The van der Waals surface area contributed by atoms with Gasteiger partial charge in [-0.2, -0.15) is 0 Å². The number of hydrogen-bond acceptors (Lipinski definition) is 3. The van der Waals surface area contributed by atoms with Crippen LogP contribution in [0.15, 0.2) is 30.3 Å². The quantitative estimate of drug-likeness (QED) is 0.814. The molecule has 0 aromatic heterocycles. The van der Waals surface area contributed by atoms with Crippen LogP contribution in [0.3, 0.4) is 0 Å². The van der Waals surface area contributed by atoms with Gasteiger partial charge in [0.25, 0.3) is 5.91 Å². The SMILES string of the molecule is COC(C(=O)N1CCCC(=O)C1)c1ccccc1. The highest BCUT2D eigenvalue weighted by atomic mass is 16.5. The molecule has 18 heavy (non-hydrogen) atoms. The van der Waals surface area contributed by atoms with Gasteiger partial charge >= 0.3 is 0 Å². The number of carbonyl (C=O) groups excluding carboxylic acids is 2. The lowest BCUT2D eigenvalue weighted by Crippen LogP contribution is -2.43. The first-order valence-electron chi connectivity index (χ1n) is 6.10. The largest absolute Gasteiger partial charge is 0.367 e. The number of Topliss-reactive ketones (excluding diaryl/α,β-unsaturated/α-hetero) is 1. The third kappa shape index (κ3) is 2.76. The standard InChI is InChI=1S/C14H17NO3/c1-18-13(11-6-3-2-4-7-11)14(17)15-9-5-8-12(16)10-15/h2-4,6-7,13H,5,8-10H2,1H3. The van der Waals surface area contributed by atoms with Gasteiger partial charge in [-0.15, -0.1) is 0 Å². The Morgan fingerprint density at radius 1 is 1.33 bits per heavy atom. The van der Waals surface area contributed by atoms with E-state index in [0.717, 1.165) is 12.0 Å². The summed E-state index contributed by atoms with van der Waals surface area (Å²) in [5.41, 5.74) is 0.822. The molecule has 1 aliphatic rings. The van der Waals surface area contributed by atoms with E-state index in [-0.39, 0.29) is 18.2 Å². The Kier molecular flexibility index (Phi) is 4.10. The number of nitrogens with zero attached hydrogens (tertiary/aromatic N) is 1. The highest BCUT2D eigenvalue weighted by molar-refractivity contribution is 5.89. The predicted octanol–water partition coefficient (Wildman–Crippen LogP) is 1.57. The summed E-state index contributed by atoms with van der Waals surface area (Å²) in [7, 11) is 1.52. The number of hydrogen-bond donors (Lipinski definition) is 0. The Morgan fingerprint density at radius 2 is 2.06 bits per heavy atom. The number of benzene rings is 1. The first-order valence-corrected chi connectivity index (χ1v) is 6.10. The molecule has 0 radical (unpaired) electrons. The molecule has 96 valence electrons. The highest BCUT2D eigenvalue weighted by Gasteiger charge is 2.28. The van der Waals surface area contributed by atoms with Crippen LogP contribution in [0.5, 0.6) is 0 Å². The minimum atomic E-state index is -0.614. The molecule has 1 fully saturated rings. The molecule has 1 aromatic carbocycles. The molecule has 0 spiro atoms. The third-order valence-electron chi connectivity index (χ3n) is 3.12. The predicted molar refractivity (Wildman–Crippen MR) is 67.0 cm³/mol. The number of methoxy groups -OCH3 is 1. The number of likely N-dealkylation sites (tertiary alicyclic amines) is 1. The van der Waals surface area contributed by atoms with Crippen LogP contribution in [0.4, 0.5) is 0 Å². The van der Waals surface area contributed by atoms with Gasteiger partial charge in [-0.3, -0.25) is 9.59 Å². The summed E-state index contributed by atoms with van der Waals surface area (Å²) in [5, 5.41) is 0. The van der Waals surface area contributed by atoms with Crippen molar-refractivity contribution in [2.24, 2.45) is 0 Å². The second-order valence-corrected chi connectivity index (χ2v) is 4.43. The molecule has 1 saturated heterocycles. The summed E-state index contributed by atoms with van der Waals surface area (Å²) in [6, 6.07) is 9.35.